The number of esters is 1. The zero-order valence-electron chi connectivity index (χ0n) is 17.1. The molecule has 0 aliphatic rings. The van der Waals surface area contributed by atoms with Gasteiger partial charge in [0.25, 0.3) is 0 Å². The summed E-state index contributed by atoms with van der Waals surface area (Å²) in [6.45, 7) is 7.73. The van der Waals surface area contributed by atoms with Gasteiger partial charge in [-0.1, -0.05) is 49.8 Å². The van der Waals surface area contributed by atoms with Gasteiger partial charge in [0.05, 0.1) is 0 Å². The van der Waals surface area contributed by atoms with Crippen LogP contribution in [0, 0.1) is 6.92 Å². The number of carbonyl (C=O) groups excluding carboxylic acids is 1. The summed E-state index contributed by atoms with van der Waals surface area (Å²) in [5, 5.41) is 0. The van der Waals surface area contributed by atoms with E-state index in [1.807, 2.05) is 12.1 Å². The molecule has 0 amide bonds. The number of rotatable bonds is 8. The Morgan fingerprint density at radius 3 is 2.24 bits per heavy atom. The standard InChI is InChI=1S/C26H27NO2/c1-4-6-8-21-9-7-10-24(19-21)27(22-13-11-20(3)12-14-22)23-15-17-25(18-16-23)29-26(28)5-2/h5,7,9-19H,2,4,6,8H2,1,3H3. The molecule has 0 aliphatic carbocycles. The number of anilines is 3. The van der Waals surface area contributed by atoms with Crippen LogP contribution in [-0.4, -0.2) is 5.97 Å². The molecule has 148 valence electrons. The molecule has 3 nitrogen and oxygen atoms in total. The molecule has 0 saturated carbocycles. The number of benzene rings is 3. The lowest BCUT2D eigenvalue weighted by Gasteiger charge is -2.26. The van der Waals surface area contributed by atoms with Crippen LogP contribution in [0.1, 0.15) is 30.9 Å². The fourth-order valence-electron chi connectivity index (χ4n) is 3.19. The van der Waals surface area contributed by atoms with Gasteiger partial charge in [0.1, 0.15) is 5.75 Å². The van der Waals surface area contributed by atoms with Crippen LogP contribution in [0.15, 0.2) is 85.5 Å². The quantitative estimate of drug-likeness (QED) is 0.240. The number of carbonyl (C=O) groups is 1. The van der Waals surface area contributed by atoms with E-state index in [1.54, 1.807) is 12.1 Å². The van der Waals surface area contributed by atoms with E-state index in [-0.39, 0.29) is 0 Å². The lowest BCUT2D eigenvalue weighted by Crippen LogP contribution is -2.10. The molecule has 0 fully saturated rings. The molecule has 0 spiro atoms. The first kappa shape index (κ1) is 20.4. The monoisotopic (exact) mass is 385 g/mol. The summed E-state index contributed by atoms with van der Waals surface area (Å²) in [5.41, 5.74) is 5.74. The maximum absolute atomic E-state index is 11.4. The van der Waals surface area contributed by atoms with Crippen LogP contribution in [0.2, 0.25) is 0 Å². The second-order valence-electron chi connectivity index (χ2n) is 7.06. The highest BCUT2D eigenvalue weighted by atomic mass is 16.5. The fraction of sp³-hybridized carbons (Fsp3) is 0.192. The molecule has 3 heteroatoms. The first-order valence-electron chi connectivity index (χ1n) is 10.0. The number of aryl methyl sites for hydroxylation is 2. The van der Waals surface area contributed by atoms with Gasteiger partial charge in [-0.15, -0.1) is 0 Å². The summed E-state index contributed by atoms with van der Waals surface area (Å²) in [6, 6.07) is 24.7. The molecule has 3 aromatic carbocycles. The zero-order chi connectivity index (χ0) is 20.6. The second kappa shape index (κ2) is 9.74. The number of hydrogen-bond acceptors (Lipinski definition) is 3. The van der Waals surface area contributed by atoms with E-state index in [4.69, 9.17) is 4.74 Å². The van der Waals surface area contributed by atoms with E-state index < -0.39 is 5.97 Å². The molecule has 0 N–H and O–H groups in total. The third-order valence-electron chi connectivity index (χ3n) is 4.76. The second-order valence-corrected chi connectivity index (χ2v) is 7.06. The van der Waals surface area contributed by atoms with Crippen LogP contribution in [0.3, 0.4) is 0 Å². The van der Waals surface area contributed by atoms with Gasteiger partial charge < -0.3 is 9.64 Å². The van der Waals surface area contributed by atoms with Gasteiger partial charge in [0.2, 0.25) is 0 Å². The molecular weight excluding hydrogens is 358 g/mol. The number of unbranched alkanes of at least 4 members (excludes halogenated alkanes) is 1. The maximum Gasteiger partial charge on any atom is 0.335 e. The molecule has 3 rings (SSSR count). The third kappa shape index (κ3) is 5.35. The zero-order valence-corrected chi connectivity index (χ0v) is 17.1. The van der Waals surface area contributed by atoms with Crippen molar-refractivity contribution < 1.29 is 9.53 Å². The molecular formula is C26H27NO2. The van der Waals surface area contributed by atoms with Crippen LogP contribution < -0.4 is 9.64 Å². The van der Waals surface area contributed by atoms with Gasteiger partial charge in [0.15, 0.2) is 0 Å². The maximum atomic E-state index is 11.4. The minimum absolute atomic E-state index is 0.461. The predicted molar refractivity (Wildman–Crippen MR) is 120 cm³/mol. The Balaban J connectivity index is 1.99. The van der Waals surface area contributed by atoms with Gasteiger partial charge in [-0.05, 0) is 73.9 Å². The van der Waals surface area contributed by atoms with E-state index in [0.717, 1.165) is 29.6 Å². The van der Waals surface area contributed by atoms with Crippen molar-refractivity contribution in [2.24, 2.45) is 0 Å². The van der Waals surface area contributed by atoms with Crippen LogP contribution in [-0.2, 0) is 11.2 Å². The molecule has 0 aliphatic heterocycles. The van der Waals surface area contributed by atoms with Crippen LogP contribution >= 0.6 is 0 Å². The van der Waals surface area contributed by atoms with Crippen molar-refractivity contribution in [1.29, 1.82) is 0 Å². The smallest absolute Gasteiger partial charge is 0.335 e. The molecule has 3 aromatic rings. The van der Waals surface area contributed by atoms with Crippen molar-refractivity contribution in [3.63, 3.8) is 0 Å². The SMILES string of the molecule is C=CC(=O)Oc1ccc(N(c2ccc(C)cc2)c2cccc(CCCC)c2)cc1. The summed E-state index contributed by atoms with van der Waals surface area (Å²) in [5.74, 6) is 0.0379. The Morgan fingerprint density at radius 2 is 1.62 bits per heavy atom. The minimum Gasteiger partial charge on any atom is -0.423 e. The predicted octanol–water partition coefficient (Wildman–Crippen LogP) is 6.90. The first-order valence-corrected chi connectivity index (χ1v) is 10.0. The highest BCUT2D eigenvalue weighted by Gasteiger charge is 2.13. The van der Waals surface area contributed by atoms with Gasteiger partial charge in [-0.3, -0.25) is 0 Å². The lowest BCUT2D eigenvalue weighted by molar-refractivity contribution is -0.128. The third-order valence-corrected chi connectivity index (χ3v) is 4.76. The largest absolute Gasteiger partial charge is 0.423 e. The van der Waals surface area contributed by atoms with Crippen molar-refractivity contribution >= 4 is 23.0 Å². The van der Waals surface area contributed by atoms with Crippen LogP contribution in [0.25, 0.3) is 0 Å². The van der Waals surface area contributed by atoms with Gasteiger partial charge in [0, 0.05) is 23.1 Å². The fourth-order valence-corrected chi connectivity index (χ4v) is 3.19. The Kier molecular flexibility index (Phi) is 6.85. The van der Waals surface area contributed by atoms with Crippen LogP contribution in [0.5, 0.6) is 5.75 Å². The summed E-state index contributed by atoms with van der Waals surface area (Å²) in [7, 11) is 0. The van der Waals surface area contributed by atoms with Gasteiger partial charge in [-0.25, -0.2) is 4.79 Å². The van der Waals surface area contributed by atoms with E-state index in [9.17, 15) is 4.79 Å². The molecule has 29 heavy (non-hydrogen) atoms. The Morgan fingerprint density at radius 1 is 0.966 bits per heavy atom. The van der Waals surface area contributed by atoms with Crippen molar-refractivity contribution in [3.05, 3.63) is 96.6 Å². The molecule has 0 bridgehead atoms. The Bertz CT molecular complexity index is 959. The molecule has 0 atom stereocenters. The van der Waals surface area contributed by atoms with Gasteiger partial charge >= 0.3 is 5.97 Å². The topological polar surface area (TPSA) is 29.5 Å². The average Bonchev–Trinajstić information content (AvgIpc) is 2.75. The van der Waals surface area contributed by atoms with Crippen molar-refractivity contribution in [1.82, 2.24) is 0 Å². The average molecular weight is 386 g/mol. The van der Waals surface area contributed by atoms with E-state index in [0.29, 0.717) is 5.75 Å². The number of ether oxygens (including phenoxy) is 1. The lowest BCUT2D eigenvalue weighted by atomic mass is 10.1. The highest BCUT2D eigenvalue weighted by molar-refractivity contribution is 5.83. The van der Waals surface area contributed by atoms with Crippen molar-refractivity contribution in [2.45, 2.75) is 33.1 Å². The van der Waals surface area contributed by atoms with Crippen LogP contribution in [0.4, 0.5) is 17.1 Å². The normalized spacial score (nSPS) is 10.4. The van der Waals surface area contributed by atoms with Crippen molar-refractivity contribution in [2.75, 3.05) is 4.90 Å². The van der Waals surface area contributed by atoms with Gasteiger partial charge in [-0.2, -0.15) is 0 Å². The molecule has 0 heterocycles. The Labute approximate surface area is 173 Å². The summed E-state index contributed by atoms with van der Waals surface area (Å²) in [6.07, 6.45) is 4.59. The number of nitrogens with zero attached hydrogens (tertiary/aromatic N) is 1. The highest BCUT2D eigenvalue weighted by Crippen LogP contribution is 2.36. The van der Waals surface area contributed by atoms with Crippen molar-refractivity contribution in [3.8, 4) is 5.75 Å². The molecule has 0 radical (unpaired) electrons. The summed E-state index contributed by atoms with van der Waals surface area (Å²) < 4.78 is 5.21. The molecule has 0 unspecified atom stereocenters. The number of hydrogen-bond donors (Lipinski definition) is 0. The van der Waals surface area contributed by atoms with E-state index in [1.165, 1.54) is 24.0 Å². The Hall–Kier alpha value is -3.33. The summed E-state index contributed by atoms with van der Waals surface area (Å²) in [4.78, 5) is 13.7. The summed E-state index contributed by atoms with van der Waals surface area (Å²) >= 11 is 0. The van der Waals surface area contributed by atoms with E-state index >= 15 is 0 Å². The first-order chi connectivity index (χ1) is 14.1. The molecule has 0 aromatic heterocycles. The molecule has 0 saturated heterocycles. The van der Waals surface area contributed by atoms with E-state index in [2.05, 4.69) is 73.9 Å². The minimum atomic E-state index is -0.461.